The Morgan fingerprint density at radius 2 is 2.43 bits per heavy atom. The van der Waals surface area contributed by atoms with Crippen molar-refractivity contribution in [1.82, 2.24) is 20.4 Å². The Balaban J connectivity index is 2.31. The zero-order valence-corrected chi connectivity index (χ0v) is 7.22. The van der Waals surface area contributed by atoms with Crippen molar-refractivity contribution >= 4 is 5.97 Å². The lowest BCUT2D eigenvalue weighted by Gasteiger charge is -1.89. The Hall–Kier alpha value is -2.18. The SMILES string of the molecule is COC(=O)c1nnc(-c2ccn[nH]2)o1. The highest BCUT2D eigenvalue weighted by Gasteiger charge is 2.16. The Labute approximate surface area is 78.1 Å². The standard InChI is InChI=1S/C7H6N4O3/c1-13-7(12)6-11-10-5(14-6)4-2-3-8-9-4/h2-3H,1H3,(H,8,9). The third-order valence-corrected chi connectivity index (χ3v) is 1.52. The van der Waals surface area contributed by atoms with Crippen LogP contribution in [0.4, 0.5) is 0 Å². The summed E-state index contributed by atoms with van der Waals surface area (Å²) in [6.45, 7) is 0. The predicted molar refractivity (Wildman–Crippen MR) is 43.2 cm³/mol. The van der Waals surface area contributed by atoms with Crippen molar-refractivity contribution in [3.63, 3.8) is 0 Å². The van der Waals surface area contributed by atoms with Gasteiger partial charge >= 0.3 is 11.9 Å². The topological polar surface area (TPSA) is 93.9 Å². The smallest absolute Gasteiger partial charge is 0.396 e. The first-order chi connectivity index (χ1) is 6.81. The highest BCUT2D eigenvalue weighted by Crippen LogP contribution is 2.13. The summed E-state index contributed by atoms with van der Waals surface area (Å²) in [5.74, 6) is -0.650. The van der Waals surface area contributed by atoms with Crippen LogP contribution in [0, 0.1) is 0 Å². The second-order valence-electron chi connectivity index (χ2n) is 2.37. The van der Waals surface area contributed by atoms with Crippen LogP contribution in [0.5, 0.6) is 0 Å². The number of carbonyl (C=O) groups is 1. The lowest BCUT2D eigenvalue weighted by Crippen LogP contribution is -2.00. The Morgan fingerprint density at radius 3 is 3.07 bits per heavy atom. The molecule has 0 radical (unpaired) electrons. The first-order valence-electron chi connectivity index (χ1n) is 3.73. The van der Waals surface area contributed by atoms with E-state index in [1.165, 1.54) is 13.3 Å². The molecule has 0 spiro atoms. The molecule has 2 aromatic heterocycles. The van der Waals surface area contributed by atoms with E-state index in [1.807, 2.05) is 0 Å². The Morgan fingerprint density at radius 1 is 1.57 bits per heavy atom. The van der Waals surface area contributed by atoms with Gasteiger partial charge in [-0.1, -0.05) is 0 Å². The minimum absolute atomic E-state index is 0.183. The summed E-state index contributed by atoms with van der Waals surface area (Å²) in [6.07, 6.45) is 1.54. The Bertz CT molecular complexity index is 433. The molecular formula is C7H6N4O3. The second-order valence-corrected chi connectivity index (χ2v) is 2.37. The lowest BCUT2D eigenvalue weighted by molar-refractivity contribution is 0.0556. The van der Waals surface area contributed by atoms with Gasteiger partial charge in [-0.2, -0.15) is 5.10 Å². The van der Waals surface area contributed by atoms with E-state index in [2.05, 4.69) is 25.1 Å². The van der Waals surface area contributed by atoms with Gasteiger partial charge in [0.15, 0.2) is 0 Å². The van der Waals surface area contributed by atoms with Crippen LogP contribution in [-0.4, -0.2) is 33.5 Å². The minimum atomic E-state index is -0.664. The number of H-pyrrole nitrogens is 1. The maximum absolute atomic E-state index is 11.0. The molecule has 0 aliphatic heterocycles. The van der Waals surface area contributed by atoms with Crippen molar-refractivity contribution in [3.8, 4) is 11.6 Å². The molecule has 72 valence electrons. The molecule has 14 heavy (non-hydrogen) atoms. The molecule has 0 aliphatic rings. The van der Waals surface area contributed by atoms with Gasteiger partial charge in [0.25, 0.3) is 5.89 Å². The molecule has 0 saturated carbocycles. The van der Waals surface area contributed by atoms with Crippen molar-refractivity contribution in [2.45, 2.75) is 0 Å². The van der Waals surface area contributed by atoms with Gasteiger partial charge in [0.2, 0.25) is 0 Å². The zero-order chi connectivity index (χ0) is 9.97. The van der Waals surface area contributed by atoms with E-state index < -0.39 is 5.97 Å². The van der Waals surface area contributed by atoms with E-state index in [-0.39, 0.29) is 11.8 Å². The summed E-state index contributed by atoms with van der Waals surface area (Å²) >= 11 is 0. The van der Waals surface area contributed by atoms with Crippen molar-refractivity contribution in [2.24, 2.45) is 0 Å². The third-order valence-electron chi connectivity index (χ3n) is 1.52. The van der Waals surface area contributed by atoms with Crippen LogP contribution in [0.15, 0.2) is 16.7 Å². The van der Waals surface area contributed by atoms with Crippen LogP contribution >= 0.6 is 0 Å². The van der Waals surface area contributed by atoms with Crippen LogP contribution in [0.1, 0.15) is 10.7 Å². The summed E-state index contributed by atoms with van der Waals surface area (Å²) in [5.41, 5.74) is 0.549. The number of hydrogen-bond acceptors (Lipinski definition) is 6. The van der Waals surface area contributed by atoms with Crippen molar-refractivity contribution in [3.05, 3.63) is 18.2 Å². The number of aromatic nitrogens is 4. The molecule has 0 saturated heterocycles. The molecule has 7 nitrogen and oxygen atoms in total. The molecule has 2 rings (SSSR count). The third kappa shape index (κ3) is 1.35. The quantitative estimate of drug-likeness (QED) is 0.688. The number of rotatable bonds is 2. The molecular weight excluding hydrogens is 188 g/mol. The number of nitrogens with one attached hydrogen (secondary N) is 1. The van der Waals surface area contributed by atoms with Crippen molar-refractivity contribution < 1.29 is 13.9 Å². The summed E-state index contributed by atoms with van der Waals surface area (Å²) in [6, 6.07) is 1.65. The second kappa shape index (κ2) is 3.29. The van der Waals surface area contributed by atoms with Crippen LogP contribution in [0.2, 0.25) is 0 Å². The van der Waals surface area contributed by atoms with Gasteiger partial charge < -0.3 is 9.15 Å². The number of esters is 1. The maximum Gasteiger partial charge on any atom is 0.396 e. The van der Waals surface area contributed by atoms with Crippen molar-refractivity contribution in [2.75, 3.05) is 7.11 Å². The number of nitrogens with zero attached hydrogens (tertiary/aromatic N) is 3. The molecule has 0 atom stereocenters. The van der Waals surface area contributed by atoms with Crippen LogP contribution in [0.3, 0.4) is 0 Å². The fourth-order valence-electron chi connectivity index (χ4n) is 0.877. The van der Waals surface area contributed by atoms with E-state index in [0.29, 0.717) is 5.69 Å². The van der Waals surface area contributed by atoms with E-state index in [0.717, 1.165) is 0 Å². The van der Waals surface area contributed by atoms with Crippen molar-refractivity contribution in [1.29, 1.82) is 0 Å². The highest BCUT2D eigenvalue weighted by molar-refractivity contribution is 5.84. The average molecular weight is 194 g/mol. The van der Waals surface area contributed by atoms with Gasteiger partial charge in [-0.15, -0.1) is 10.2 Å². The normalized spacial score (nSPS) is 10.1. The molecule has 1 N–H and O–H groups in total. The fourth-order valence-corrected chi connectivity index (χ4v) is 0.877. The summed E-state index contributed by atoms with van der Waals surface area (Å²) in [7, 11) is 1.24. The van der Waals surface area contributed by atoms with Gasteiger partial charge in [-0.25, -0.2) is 4.79 Å². The molecule has 0 aromatic carbocycles. The number of aromatic amines is 1. The molecule has 2 aromatic rings. The number of hydrogen-bond donors (Lipinski definition) is 1. The summed E-state index contributed by atoms with van der Waals surface area (Å²) < 4.78 is 9.42. The zero-order valence-electron chi connectivity index (χ0n) is 7.22. The van der Waals surface area contributed by atoms with Gasteiger partial charge in [-0.3, -0.25) is 5.10 Å². The molecule has 0 bridgehead atoms. The number of methoxy groups -OCH3 is 1. The van der Waals surface area contributed by atoms with E-state index in [1.54, 1.807) is 6.07 Å². The highest BCUT2D eigenvalue weighted by atomic mass is 16.5. The molecule has 2 heterocycles. The molecule has 0 unspecified atom stereocenters. The molecule has 0 amide bonds. The van der Waals surface area contributed by atoms with Gasteiger partial charge in [0.05, 0.1) is 7.11 Å². The number of carbonyl (C=O) groups excluding carboxylic acids is 1. The Kier molecular flexibility index (Phi) is 1.98. The fraction of sp³-hybridized carbons (Fsp3) is 0.143. The van der Waals surface area contributed by atoms with Crippen LogP contribution in [0.25, 0.3) is 11.6 Å². The molecule has 7 heteroatoms. The first kappa shape index (κ1) is 8.42. The van der Waals surface area contributed by atoms with E-state index in [9.17, 15) is 4.79 Å². The maximum atomic E-state index is 11.0. The first-order valence-corrected chi connectivity index (χ1v) is 3.73. The monoisotopic (exact) mass is 194 g/mol. The molecule has 0 aliphatic carbocycles. The lowest BCUT2D eigenvalue weighted by atomic mass is 10.4. The largest absolute Gasteiger partial charge is 0.462 e. The van der Waals surface area contributed by atoms with Gasteiger partial charge in [0, 0.05) is 6.20 Å². The van der Waals surface area contributed by atoms with E-state index >= 15 is 0 Å². The minimum Gasteiger partial charge on any atom is -0.462 e. The van der Waals surface area contributed by atoms with Crippen LogP contribution in [-0.2, 0) is 4.74 Å². The van der Waals surface area contributed by atoms with E-state index in [4.69, 9.17) is 4.42 Å². The average Bonchev–Trinajstić information content (AvgIpc) is 2.86. The number of ether oxygens (including phenoxy) is 1. The van der Waals surface area contributed by atoms with Gasteiger partial charge in [0.1, 0.15) is 5.69 Å². The molecule has 0 fully saturated rings. The summed E-state index contributed by atoms with van der Waals surface area (Å²) in [4.78, 5) is 11.0. The summed E-state index contributed by atoms with van der Waals surface area (Å²) in [5, 5.41) is 13.5. The van der Waals surface area contributed by atoms with Gasteiger partial charge in [-0.05, 0) is 6.07 Å². The predicted octanol–water partition coefficient (Wildman–Crippen LogP) is 0.246. The van der Waals surface area contributed by atoms with Crippen LogP contribution < -0.4 is 0 Å².